The van der Waals surface area contributed by atoms with E-state index in [0.717, 1.165) is 29.3 Å². The topological polar surface area (TPSA) is 32.9 Å². The van der Waals surface area contributed by atoms with E-state index in [0.29, 0.717) is 5.78 Å². The second-order valence-corrected chi connectivity index (χ2v) is 4.59. The van der Waals surface area contributed by atoms with Crippen molar-refractivity contribution in [2.24, 2.45) is 5.92 Å². The Morgan fingerprint density at radius 3 is 2.75 bits per heavy atom. The zero-order chi connectivity index (χ0) is 11.0. The molecule has 1 heterocycles. The maximum atomic E-state index is 12.3. The molecular formula is C14H15NO. The monoisotopic (exact) mass is 213 g/mol. The van der Waals surface area contributed by atoms with Crippen molar-refractivity contribution in [3.63, 3.8) is 0 Å². The Kier molecular flexibility index (Phi) is 2.28. The molecule has 0 bridgehead atoms. The zero-order valence-electron chi connectivity index (χ0n) is 9.20. The van der Waals surface area contributed by atoms with Gasteiger partial charge in [0.25, 0.3) is 0 Å². The van der Waals surface area contributed by atoms with Crippen LogP contribution in [-0.4, -0.2) is 10.8 Å². The number of fused-ring (bicyclic) bond motifs is 1. The van der Waals surface area contributed by atoms with E-state index in [1.54, 1.807) is 0 Å². The lowest BCUT2D eigenvalue weighted by atomic mass is 9.96. The van der Waals surface area contributed by atoms with Crippen LogP contribution in [0.4, 0.5) is 0 Å². The lowest BCUT2D eigenvalue weighted by Crippen LogP contribution is -2.10. The number of Topliss-reactive ketones (excluding diaryl/α,β-unsaturated/α-hetero) is 1. The van der Waals surface area contributed by atoms with E-state index in [-0.39, 0.29) is 5.92 Å². The Hall–Kier alpha value is -1.57. The lowest BCUT2D eigenvalue weighted by molar-refractivity contribution is 0.0924. The number of carbonyl (C=O) groups is 1. The highest BCUT2D eigenvalue weighted by atomic mass is 16.1. The molecule has 2 aromatic rings. The van der Waals surface area contributed by atoms with Crippen LogP contribution in [0.25, 0.3) is 10.9 Å². The highest BCUT2D eigenvalue weighted by molar-refractivity contribution is 6.08. The molecule has 0 aliphatic heterocycles. The Bertz CT molecular complexity index is 520. The summed E-state index contributed by atoms with van der Waals surface area (Å²) in [7, 11) is 0. The van der Waals surface area contributed by atoms with Crippen LogP contribution < -0.4 is 0 Å². The van der Waals surface area contributed by atoms with Gasteiger partial charge < -0.3 is 4.98 Å². The Morgan fingerprint density at radius 2 is 1.94 bits per heavy atom. The predicted octanol–water partition coefficient (Wildman–Crippen LogP) is 3.54. The van der Waals surface area contributed by atoms with Crippen molar-refractivity contribution in [1.29, 1.82) is 0 Å². The molecule has 0 radical (unpaired) electrons. The molecule has 1 aromatic carbocycles. The quantitative estimate of drug-likeness (QED) is 0.760. The van der Waals surface area contributed by atoms with E-state index >= 15 is 0 Å². The number of hydrogen-bond donors (Lipinski definition) is 1. The van der Waals surface area contributed by atoms with Crippen LogP contribution in [-0.2, 0) is 0 Å². The normalized spacial score (nSPS) is 17.0. The molecule has 1 fully saturated rings. The molecule has 1 saturated carbocycles. The van der Waals surface area contributed by atoms with Crippen molar-refractivity contribution < 1.29 is 4.79 Å². The first-order valence-electron chi connectivity index (χ1n) is 5.96. The fraction of sp³-hybridized carbons (Fsp3) is 0.357. The molecule has 1 N–H and O–H groups in total. The van der Waals surface area contributed by atoms with Gasteiger partial charge in [0.2, 0.25) is 0 Å². The third-order valence-electron chi connectivity index (χ3n) is 3.58. The number of aromatic nitrogens is 1. The number of carbonyl (C=O) groups excluding carboxylic acids is 1. The predicted molar refractivity (Wildman–Crippen MR) is 64.6 cm³/mol. The Balaban J connectivity index is 2.02. The van der Waals surface area contributed by atoms with E-state index in [2.05, 4.69) is 4.98 Å². The zero-order valence-corrected chi connectivity index (χ0v) is 9.20. The standard InChI is InChI=1S/C14H15NO/c16-14(10-5-1-2-6-10)12-9-15-13-8-4-3-7-11(12)13/h3-4,7-10,15H,1-2,5-6H2. The fourth-order valence-corrected chi connectivity index (χ4v) is 2.68. The summed E-state index contributed by atoms with van der Waals surface area (Å²) in [4.78, 5) is 15.5. The first kappa shape index (κ1) is 9.64. The van der Waals surface area contributed by atoms with Gasteiger partial charge in [0, 0.05) is 28.6 Å². The van der Waals surface area contributed by atoms with Gasteiger partial charge in [-0.25, -0.2) is 0 Å². The summed E-state index contributed by atoms with van der Waals surface area (Å²) in [6.45, 7) is 0. The van der Waals surface area contributed by atoms with Gasteiger partial charge >= 0.3 is 0 Å². The summed E-state index contributed by atoms with van der Waals surface area (Å²) >= 11 is 0. The maximum Gasteiger partial charge on any atom is 0.168 e. The van der Waals surface area contributed by atoms with Crippen LogP contribution in [0.15, 0.2) is 30.5 Å². The van der Waals surface area contributed by atoms with Crippen molar-refractivity contribution in [3.05, 3.63) is 36.0 Å². The second kappa shape index (κ2) is 3.78. The molecule has 0 saturated heterocycles. The van der Waals surface area contributed by atoms with Gasteiger partial charge in [0.05, 0.1) is 0 Å². The summed E-state index contributed by atoms with van der Waals surface area (Å²) in [5, 5.41) is 1.07. The van der Waals surface area contributed by atoms with E-state index in [1.807, 2.05) is 30.5 Å². The van der Waals surface area contributed by atoms with E-state index in [4.69, 9.17) is 0 Å². The molecule has 2 heteroatoms. The molecule has 0 atom stereocenters. The third-order valence-corrected chi connectivity index (χ3v) is 3.58. The van der Waals surface area contributed by atoms with Crippen LogP contribution in [0, 0.1) is 5.92 Å². The average Bonchev–Trinajstić information content (AvgIpc) is 2.98. The minimum atomic E-state index is 0.263. The summed E-state index contributed by atoms with van der Waals surface area (Å²) in [5.74, 6) is 0.592. The molecule has 0 amide bonds. The van der Waals surface area contributed by atoms with Crippen LogP contribution in [0.2, 0.25) is 0 Å². The largest absolute Gasteiger partial charge is 0.360 e. The minimum absolute atomic E-state index is 0.263. The SMILES string of the molecule is O=C(c1c[nH]c2ccccc12)C1CCCC1. The van der Waals surface area contributed by atoms with Gasteiger partial charge in [-0.2, -0.15) is 0 Å². The molecule has 3 rings (SSSR count). The second-order valence-electron chi connectivity index (χ2n) is 4.59. The smallest absolute Gasteiger partial charge is 0.168 e. The summed E-state index contributed by atoms with van der Waals surface area (Å²) in [6.07, 6.45) is 6.42. The van der Waals surface area contributed by atoms with E-state index in [9.17, 15) is 4.79 Å². The molecule has 1 aromatic heterocycles. The molecule has 16 heavy (non-hydrogen) atoms. The molecular weight excluding hydrogens is 198 g/mol. The number of para-hydroxylation sites is 1. The Morgan fingerprint density at radius 1 is 1.19 bits per heavy atom. The van der Waals surface area contributed by atoms with Gasteiger partial charge in [-0.15, -0.1) is 0 Å². The van der Waals surface area contributed by atoms with E-state index < -0.39 is 0 Å². The first-order valence-corrected chi connectivity index (χ1v) is 5.96. The van der Waals surface area contributed by atoms with Crippen LogP contribution in [0.5, 0.6) is 0 Å². The number of rotatable bonds is 2. The molecule has 0 unspecified atom stereocenters. The molecule has 0 spiro atoms. The summed E-state index contributed by atoms with van der Waals surface area (Å²) in [5.41, 5.74) is 1.94. The van der Waals surface area contributed by atoms with Crippen molar-refractivity contribution >= 4 is 16.7 Å². The maximum absolute atomic E-state index is 12.3. The molecule has 2 nitrogen and oxygen atoms in total. The Labute approximate surface area is 94.7 Å². The van der Waals surface area contributed by atoms with E-state index in [1.165, 1.54) is 12.8 Å². The highest BCUT2D eigenvalue weighted by Crippen LogP contribution is 2.30. The number of hydrogen-bond acceptors (Lipinski definition) is 1. The summed E-state index contributed by atoms with van der Waals surface area (Å²) < 4.78 is 0. The first-order chi connectivity index (χ1) is 7.86. The van der Waals surface area contributed by atoms with Gasteiger partial charge in [-0.1, -0.05) is 31.0 Å². The molecule has 1 aliphatic carbocycles. The van der Waals surface area contributed by atoms with Crippen molar-refractivity contribution in [1.82, 2.24) is 4.98 Å². The van der Waals surface area contributed by atoms with Crippen LogP contribution in [0.1, 0.15) is 36.0 Å². The average molecular weight is 213 g/mol. The van der Waals surface area contributed by atoms with Crippen molar-refractivity contribution in [3.8, 4) is 0 Å². The number of nitrogens with one attached hydrogen (secondary N) is 1. The lowest BCUT2D eigenvalue weighted by Gasteiger charge is -2.06. The molecule has 1 aliphatic rings. The highest BCUT2D eigenvalue weighted by Gasteiger charge is 2.25. The van der Waals surface area contributed by atoms with Gasteiger partial charge in [-0.3, -0.25) is 4.79 Å². The van der Waals surface area contributed by atoms with Gasteiger partial charge in [0.15, 0.2) is 5.78 Å². The fourth-order valence-electron chi connectivity index (χ4n) is 2.68. The van der Waals surface area contributed by atoms with Crippen LogP contribution >= 0.6 is 0 Å². The minimum Gasteiger partial charge on any atom is -0.360 e. The van der Waals surface area contributed by atoms with Gasteiger partial charge in [0.1, 0.15) is 0 Å². The van der Waals surface area contributed by atoms with Crippen molar-refractivity contribution in [2.75, 3.05) is 0 Å². The number of benzene rings is 1. The van der Waals surface area contributed by atoms with Gasteiger partial charge in [-0.05, 0) is 18.9 Å². The van der Waals surface area contributed by atoms with Crippen molar-refractivity contribution in [2.45, 2.75) is 25.7 Å². The third kappa shape index (κ3) is 1.45. The number of ketones is 1. The summed E-state index contributed by atoms with van der Waals surface area (Å²) in [6, 6.07) is 8.01. The number of H-pyrrole nitrogens is 1. The van der Waals surface area contributed by atoms with Crippen LogP contribution in [0.3, 0.4) is 0 Å². The number of aromatic amines is 1. The molecule has 82 valence electrons.